The van der Waals surface area contributed by atoms with Gasteiger partial charge in [0.15, 0.2) is 11.5 Å². The SMILES string of the molecule is COc1ccc(CCN(Cc2ccc(C)s2)C(=O)CN(C2CCCCC2)S(=O)(=O)c2ccc3ccccc3c2)cc1OC. The first kappa shape index (κ1) is 31.0. The zero-order chi connectivity index (χ0) is 30.4. The fraction of sp³-hybridized carbons (Fsp3) is 0.382. The lowest BCUT2D eigenvalue weighted by Gasteiger charge is -2.34. The molecule has 9 heteroatoms. The number of amides is 1. The highest BCUT2D eigenvalue weighted by molar-refractivity contribution is 7.89. The van der Waals surface area contributed by atoms with Crippen LogP contribution in [0.15, 0.2) is 77.7 Å². The molecule has 0 radical (unpaired) electrons. The molecule has 0 unspecified atom stereocenters. The number of methoxy groups -OCH3 is 2. The molecule has 1 heterocycles. The maximum absolute atomic E-state index is 14.2. The van der Waals surface area contributed by atoms with Crippen molar-refractivity contribution in [1.29, 1.82) is 0 Å². The Labute approximate surface area is 259 Å². The van der Waals surface area contributed by atoms with Crippen LogP contribution in [0, 0.1) is 6.92 Å². The number of hydrogen-bond acceptors (Lipinski definition) is 6. The van der Waals surface area contributed by atoms with Crippen LogP contribution < -0.4 is 9.47 Å². The van der Waals surface area contributed by atoms with E-state index in [2.05, 4.69) is 6.07 Å². The lowest BCUT2D eigenvalue weighted by molar-refractivity contribution is -0.132. The number of nitrogens with zero attached hydrogens (tertiary/aromatic N) is 2. The van der Waals surface area contributed by atoms with Crippen molar-refractivity contribution in [1.82, 2.24) is 9.21 Å². The van der Waals surface area contributed by atoms with Crippen LogP contribution in [0.5, 0.6) is 11.5 Å². The molecule has 4 aromatic rings. The van der Waals surface area contributed by atoms with E-state index < -0.39 is 10.0 Å². The first-order valence-electron chi connectivity index (χ1n) is 14.8. The van der Waals surface area contributed by atoms with Crippen LogP contribution >= 0.6 is 11.3 Å². The Morgan fingerprint density at radius 1 is 0.884 bits per heavy atom. The molecule has 1 amide bonds. The number of hydrogen-bond donors (Lipinski definition) is 0. The van der Waals surface area contributed by atoms with Crippen molar-refractivity contribution >= 4 is 38.0 Å². The maximum atomic E-state index is 14.2. The van der Waals surface area contributed by atoms with E-state index in [4.69, 9.17) is 9.47 Å². The third-order valence-corrected chi connectivity index (χ3v) is 11.1. The fourth-order valence-electron chi connectivity index (χ4n) is 5.83. The highest BCUT2D eigenvalue weighted by Crippen LogP contribution is 2.31. The molecule has 0 bridgehead atoms. The molecule has 7 nitrogen and oxygen atoms in total. The van der Waals surface area contributed by atoms with Gasteiger partial charge in [0.1, 0.15) is 0 Å². The number of sulfonamides is 1. The van der Waals surface area contributed by atoms with Gasteiger partial charge in [0.05, 0.1) is 32.2 Å². The Balaban J connectivity index is 1.43. The van der Waals surface area contributed by atoms with Gasteiger partial charge in [-0.3, -0.25) is 4.79 Å². The molecule has 228 valence electrons. The quantitative estimate of drug-likeness (QED) is 0.174. The zero-order valence-corrected chi connectivity index (χ0v) is 26.8. The normalized spacial score (nSPS) is 14.2. The van der Waals surface area contributed by atoms with E-state index in [1.165, 1.54) is 9.18 Å². The minimum atomic E-state index is -3.92. The smallest absolute Gasteiger partial charge is 0.243 e. The van der Waals surface area contributed by atoms with E-state index in [9.17, 15) is 13.2 Å². The molecule has 3 aromatic carbocycles. The second kappa shape index (κ2) is 13.9. The van der Waals surface area contributed by atoms with Crippen LogP contribution in [0.1, 0.15) is 47.4 Å². The Morgan fingerprint density at radius 3 is 2.33 bits per heavy atom. The fourth-order valence-corrected chi connectivity index (χ4v) is 8.40. The van der Waals surface area contributed by atoms with Crippen LogP contribution in [0.2, 0.25) is 0 Å². The maximum Gasteiger partial charge on any atom is 0.243 e. The van der Waals surface area contributed by atoms with Crippen molar-refractivity contribution < 1.29 is 22.7 Å². The molecule has 0 saturated heterocycles. The molecule has 0 aliphatic heterocycles. The summed E-state index contributed by atoms with van der Waals surface area (Å²) < 4.78 is 40.8. The van der Waals surface area contributed by atoms with Gasteiger partial charge in [-0.25, -0.2) is 8.42 Å². The highest BCUT2D eigenvalue weighted by Gasteiger charge is 2.35. The van der Waals surface area contributed by atoms with Gasteiger partial charge in [0.2, 0.25) is 15.9 Å². The average molecular weight is 621 g/mol. The van der Waals surface area contributed by atoms with Crippen molar-refractivity contribution in [3.63, 3.8) is 0 Å². The monoisotopic (exact) mass is 620 g/mol. The molecule has 5 rings (SSSR count). The van der Waals surface area contributed by atoms with Crippen LogP contribution in [0.25, 0.3) is 10.8 Å². The number of ether oxygens (including phenoxy) is 2. The number of aryl methyl sites for hydroxylation is 1. The van der Waals surface area contributed by atoms with Crippen LogP contribution in [-0.2, 0) is 27.8 Å². The summed E-state index contributed by atoms with van der Waals surface area (Å²) in [7, 11) is -0.710. The number of carbonyl (C=O) groups is 1. The molecule has 1 aromatic heterocycles. The van der Waals surface area contributed by atoms with Crippen LogP contribution in [0.4, 0.5) is 0 Å². The van der Waals surface area contributed by atoms with Crippen molar-refractivity contribution in [2.24, 2.45) is 0 Å². The average Bonchev–Trinajstić information content (AvgIpc) is 3.45. The van der Waals surface area contributed by atoms with Gasteiger partial charge in [-0.2, -0.15) is 4.31 Å². The summed E-state index contributed by atoms with van der Waals surface area (Å²) in [6.07, 6.45) is 5.12. The predicted octanol–water partition coefficient (Wildman–Crippen LogP) is 6.82. The lowest BCUT2D eigenvalue weighted by Crippen LogP contribution is -2.48. The van der Waals surface area contributed by atoms with Gasteiger partial charge in [-0.1, -0.05) is 55.7 Å². The van der Waals surface area contributed by atoms with E-state index in [-0.39, 0.29) is 23.4 Å². The Morgan fingerprint density at radius 2 is 1.63 bits per heavy atom. The van der Waals surface area contributed by atoms with Gasteiger partial charge in [0, 0.05) is 22.3 Å². The summed E-state index contributed by atoms with van der Waals surface area (Å²) >= 11 is 1.65. The molecule has 0 atom stereocenters. The molecular weight excluding hydrogens is 581 g/mol. The van der Waals surface area contributed by atoms with Gasteiger partial charge in [-0.05, 0) is 78.9 Å². The largest absolute Gasteiger partial charge is 0.493 e. The van der Waals surface area contributed by atoms with Crippen LogP contribution in [0.3, 0.4) is 0 Å². The topological polar surface area (TPSA) is 76.2 Å². The summed E-state index contributed by atoms with van der Waals surface area (Å²) in [5.74, 6) is 1.09. The second-order valence-electron chi connectivity index (χ2n) is 11.1. The Bertz CT molecular complexity index is 1660. The van der Waals surface area contributed by atoms with Crippen molar-refractivity contribution in [2.75, 3.05) is 27.3 Å². The predicted molar refractivity (Wildman–Crippen MR) is 172 cm³/mol. The molecule has 1 aliphatic carbocycles. The summed E-state index contributed by atoms with van der Waals surface area (Å²) in [4.78, 5) is 18.4. The molecule has 1 saturated carbocycles. The summed E-state index contributed by atoms with van der Waals surface area (Å²) in [6, 6.07) is 22.6. The Kier molecular flexibility index (Phi) is 10.1. The number of benzene rings is 3. The van der Waals surface area contributed by atoms with Crippen molar-refractivity contribution in [2.45, 2.75) is 62.9 Å². The van der Waals surface area contributed by atoms with E-state index in [0.717, 1.165) is 53.3 Å². The van der Waals surface area contributed by atoms with Crippen molar-refractivity contribution in [3.05, 3.63) is 88.1 Å². The summed E-state index contributed by atoms with van der Waals surface area (Å²) in [5.41, 5.74) is 1.01. The van der Waals surface area contributed by atoms with Crippen LogP contribution in [-0.4, -0.2) is 56.9 Å². The second-order valence-corrected chi connectivity index (χ2v) is 14.4. The molecule has 1 aliphatic rings. The minimum Gasteiger partial charge on any atom is -0.493 e. The van der Waals surface area contributed by atoms with Gasteiger partial charge >= 0.3 is 0 Å². The van der Waals surface area contributed by atoms with E-state index in [1.807, 2.05) is 61.5 Å². The first-order chi connectivity index (χ1) is 20.8. The highest BCUT2D eigenvalue weighted by atomic mass is 32.2. The molecular formula is C34H40N2O5S2. The number of fused-ring (bicyclic) bond motifs is 1. The molecule has 43 heavy (non-hydrogen) atoms. The third kappa shape index (κ3) is 7.40. The minimum absolute atomic E-state index is 0.184. The van der Waals surface area contributed by atoms with E-state index in [0.29, 0.717) is 31.0 Å². The van der Waals surface area contributed by atoms with Gasteiger partial charge in [0.25, 0.3) is 0 Å². The lowest BCUT2D eigenvalue weighted by atomic mass is 9.95. The van der Waals surface area contributed by atoms with Gasteiger partial charge < -0.3 is 14.4 Å². The summed E-state index contributed by atoms with van der Waals surface area (Å²) in [5, 5.41) is 1.84. The molecule has 1 fully saturated rings. The molecule has 0 N–H and O–H groups in total. The number of thiophene rings is 1. The standard InChI is InChI=1S/C34H40N2O5S2/c1-25-13-16-30(42-25)23-35(20-19-26-14-18-32(40-2)33(21-26)41-3)34(37)24-36(29-11-5-4-6-12-29)43(38,39)31-17-15-27-9-7-8-10-28(27)22-31/h7-10,13-18,21-22,29H,4-6,11-12,19-20,23-24H2,1-3H3. The summed E-state index contributed by atoms with van der Waals surface area (Å²) in [6.45, 7) is 2.74. The first-order valence-corrected chi connectivity index (χ1v) is 17.1. The Hall–Kier alpha value is -3.40. The van der Waals surface area contributed by atoms with E-state index >= 15 is 0 Å². The molecule has 0 spiro atoms. The van der Waals surface area contributed by atoms with E-state index in [1.54, 1.807) is 42.6 Å². The third-order valence-electron chi connectivity index (χ3n) is 8.21. The number of carbonyl (C=O) groups excluding carboxylic acids is 1. The van der Waals surface area contributed by atoms with Crippen molar-refractivity contribution in [3.8, 4) is 11.5 Å². The number of rotatable bonds is 12. The van der Waals surface area contributed by atoms with Gasteiger partial charge in [-0.15, -0.1) is 11.3 Å². The zero-order valence-electron chi connectivity index (χ0n) is 25.1.